The lowest BCUT2D eigenvalue weighted by Gasteiger charge is -2.63. The summed E-state index contributed by atoms with van der Waals surface area (Å²) in [4.78, 5) is 0. The molecular formula is C27H48O9S. The van der Waals surface area contributed by atoms with Gasteiger partial charge in [0, 0.05) is 5.92 Å². The molecule has 0 aromatic heterocycles. The van der Waals surface area contributed by atoms with E-state index in [0.717, 1.165) is 38.5 Å². The van der Waals surface area contributed by atoms with Gasteiger partial charge < -0.3 is 25.5 Å². The van der Waals surface area contributed by atoms with E-state index in [9.17, 15) is 34.0 Å². The minimum absolute atomic E-state index is 0.0304. The molecule has 0 saturated heterocycles. The third-order valence-electron chi connectivity index (χ3n) is 11.6. The van der Waals surface area contributed by atoms with Crippen LogP contribution in [0.25, 0.3) is 0 Å². The molecule has 0 bridgehead atoms. The minimum atomic E-state index is -4.65. The molecule has 0 amide bonds. The highest BCUT2D eigenvalue weighted by Crippen LogP contribution is 2.68. The van der Waals surface area contributed by atoms with Crippen LogP contribution >= 0.6 is 0 Å². The zero-order valence-electron chi connectivity index (χ0n) is 22.4. The lowest BCUT2D eigenvalue weighted by molar-refractivity contribution is -0.207. The average Bonchev–Trinajstić information content (AvgIpc) is 3.17. The Kier molecular flexibility index (Phi) is 8.75. The van der Waals surface area contributed by atoms with Crippen LogP contribution < -0.4 is 0 Å². The Balaban J connectivity index is 1.45. The van der Waals surface area contributed by atoms with Crippen molar-refractivity contribution >= 4 is 10.4 Å². The minimum Gasteiger partial charge on any atom is -0.396 e. The molecule has 0 aromatic carbocycles. The van der Waals surface area contributed by atoms with Crippen LogP contribution in [0.4, 0.5) is 0 Å². The SMILES string of the molecule is CC(CCC(O)C(CO)COS(=O)(=O)O)C1CCC2C3C(O)CC4CC(O)CCC4(C)C3CC(O)C12C. The van der Waals surface area contributed by atoms with Gasteiger partial charge in [0.1, 0.15) is 0 Å². The molecule has 0 aromatic rings. The van der Waals surface area contributed by atoms with Gasteiger partial charge in [-0.3, -0.25) is 4.55 Å². The Morgan fingerprint density at radius 1 is 1.00 bits per heavy atom. The van der Waals surface area contributed by atoms with Crippen molar-refractivity contribution < 1.29 is 42.7 Å². The molecule has 4 rings (SSSR count). The van der Waals surface area contributed by atoms with Crippen molar-refractivity contribution in [3.05, 3.63) is 0 Å². The summed E-state index contributed by atoms with van der Waals surface area (Å²) in [5.74, 6) is 0.439. The monoisotopic (exact) mass is 548 g/mol. The van der Waals surface area contributed by atoms with Gasteiger partial charge >= 0.3 is 10.4 Å². The summed E-state index contributed by atoms with van der Waals surface area (Å²) in [5.41, 5.74) is -0.309. The topological polar surface area (TPSA) is 165 Å². The predicted molar refractivity (Wildman–Crippen MR) is 136 cm³/mol. The van der Waals surface area contributed by atoms with Crippen LogP contribution in [0.5, 0.6) is 0 Å². The van der Waals surface area contributed by atoms with Crippen molar-refractivity contribution in [3.8, 4) is 0 Å². The van der Waals surface area contributed by atoms with Crippen molar-refractivity contribution in [3.63, 3.8) is 0 Å². The number of fused-ring (bicyclic) bond motifs is 5. The number of aliphatic hydroxyl groups is 5. The summed E-state index contributed by atoms with van der Waals surface area (Å²) in [5, 5.41) is 53.5. The molecule has 0 spiro atoms. The van der Waals surface area contributed by atoms with Gasteiger partial charge in [-0.1, -0.05) is 20.8 Å². The zero-order valence-corrected chi connectivity index (χ0v) is 23.3. The average molecular weight is 549 g/mol. The quantitative estimate of drug-likeness (QED) is 0.237. The van der Waals surface area contributed by atoms with Gasteiger partial charge in [-0.05, 0) is 104 Å². The lowest BCUT2D eigenvalue weighted by atomic mass is 9.43. The standard InChI is InChI=1S/C27H48O9S/c1-15(4-7-22(30)16(13-28)14-36-37(33,34)35)19-5-6-20-25-21(12-24(32)27(19,20)3)26(2)9-8-18(29)10-17(26)11-23(25)31/h15-25,28-32H,4-14H2,1-3H3,(H,33,34,35). The van der Waals surface area contributed by atoms with Crippen molar-refractivity contribution in [1.29, 1.82) is 0 Å². The molecule has 4 aliphatic rings. The van der Waals surface area contributed by atoms with Crippen molar-refractivity contribution in [2.24, 2.45) is 52.3 Å². The zero-order chi connectivity index (χ0) is 27.3. The maximum Gasteiger partial charge on any atom is 0.397 e. The molecule has 13 unspecified atom stereocenters. The summed E-state index contributed by atoms with van der Waals surface area (Å²) < 4.78 is 34.9. The number of rotatable bonds is 9. The third-order valence-corrected chi connectivity index (χ3v) is 12.1. The molecule has 37 heavy (non-hydrogen) atoms. The third kappa shape index (κ3) is 5.51. The Morgan fingerprint density at radius 3 is 2.35 bits per heavy atom. The smallest absolute Gasteiger partial charge is 0.396 e. The van der Waals surface area contributed by atoms with Crippen LogP contribution in [0.1, 0.15) is 78.6 Å². The van der Waals surface area contributed by atoms with Crippen molar-refractivity contribution in [2.45, 2.75) is 103 Å². The van der Waals surface area contributed by atoms with E-state index in [1.165, 1.54) is 0 Å². The molecule has 13 atom stereocenters. The van der Waals surface area contributed by atoms with Crippen LogP contribution in [0.15, 0.2) is 0 Å². The molecule has 6 N–H and O–H groups in total. The van der Waals surface area contributed by atoms with Gasteiger partial charge in [0.2, 0.25) is 0 Å². The first kappa shape index (κ1) is 29.6. The highest BCUT2D eigenvalue weighted by molar-refractivity contribution is 7.80. The highest BCUT2D eigenvalue weighted by Gasteiger charge is 2.65. The molecule has 216 valence electrons. The van der Waals surface area contributed by atoms with E-state index >= 15 is 0 Å². The summed E-state index contributed by atoms with van der Waals surface area (Å²) in [6.45, 7) is 5.67. The van der Waals surface area contributed by atoms with Gasteiger partial charge in [-0.2, -0.15) is 8.42 Å². The first-order valence-corrected chi connectivity index (χ1v) is 15.5. The van der Waals surface area contributed by atoms with E-state index < -0.39 is 47.8 Å². The van der Waals surface area contributed by atoms with Crippen molar-refractivity contribution in [2.75, 3.05) is 13.2 Å². The van der Waals surface area contributed by atoms with E-state index in [0.29, 0.717) is 19.3 Å². The fourth-order valence-corrected chi connectivity index (χ4v) is 9.81. The van der Waals surface area contributed by atoms with E-state index in [-0.39, 0.29) is 52.4 Å². The molecular weight excluding hydrogens is 500 g/mol. The second kappa shape index (κ2) is 10.9. The normalized spacial score (nSPS) is 46.4. The second-order valence-corrected chi connectivity index (χ2v) is 14.4. The molecule has 9 nitrogen and oxygen atoms in total. The van der Waals surface area contributed by atoms with Gasteiger partial charge in [0.25, 0.3) is 0 Å². The molecule has 10 heteroatoms. The molecule has 4 fully saturated rings. The molecule has 4 aliphatic carbocycles. The number of hydrogen-bond acceptors (Lipinski definition) is 8. The molecule has 0 radical (unpaired) electrons. The van der Waals surface area contributed by atoms with Crippen LogP contribution in [0.3, 0.4) is 0 Å². The fraction of sp³-hybridized carbons (Fsp3) is 1.00. The Morgan fingerprint density at radius 2 is 1.70 bits per heavy atom. The van der Waals surface area contributed by atoms with Crippen LogP contribution in [-0.4, -0.2) is 76.1 Å². The maximum absolute atomic E-state index is 11.7. The number of aliphatic hydroxyl groups excluding tert-OH is 5. The lowest BCUT2D eigenvalue weighted by Crippen LogP contribution is -2.62. The van der Waals surface area contributed by atoms with Gasteiger partial charge in [-0.15, -0.1) is 0 Å². The predicted octanol–water partition coefficient (Wildman–Crippen LogP) is 2.15. The van der Waals surface area contributed by atoms with Crippen LogP contribution in [-0.2, 0) is 14.6 Å². The first-order chi connectivity index (χ1) is 17.2. The van der Waals surface area contributed by atoms with E-state index in [2.05, 4.69) is 25.0 Å². The molecule has 0 aliphatic heterocycles. The van der Waals surface area contributed by atoms with E-state index in [1.54, 1.807) is 0 Å². The molecule has 4 saturated carbocycles. The van der Waals surface area contributed by atoms with Gasteiger partial charge in [0.05, 0.1) is 37.6 Å². The fourth-order valence-electron chi connectivity index (χ4n) is 9.46. The summed E-state index contributed by atoms with van der Waals surface area (Å²) in [7, 11) is -4.65. The van der Waals surface area contributed by atoms with Crippen LogP contribution in [0, 0.1) is 52.3 Å². The largest absolute Gasteiger partial charge is 0.397 e. The first-order valence-electron chi connectivity index (χ1n) is 14.2. The molecule has 0 heterocycles. The van der Waals surface area contributed by atoms with Gasteiger partial charge in [-0.25, -0.2) is 4.18 Å². The Bertz CT molecular complexity index is 898. The highest BCUT2D eigenvalue weighted by atomic mass is 32.3. The Hall–Kier alpha value is -0.330. The Labute approximate surface area is 221 Å². The van der Waals surface area contributed by atoms with E-state index in [4.69, 9.17) is 4.55 Å². The maximum atomic E-state index is 11.7. The number of hydrogen-bond donors (Lipinski definition) is 6. The summed E-state index contributed by atoms with van der Waals surface area (Å²) in [6.07, 6.45) is 4.54. The van der Waals surface area contributed by atoms with E-state index in [1.807, 2.05) is 0 Å². The van der Waals surface area contributed by atoms with Crippen LogP contribution in [0.2, 0.25) is 0 Å². The summed E-state index contributed by atoms with van der Waals surface area (Å²) >= 11 is 0. The van der Waals surface area contributed by atoms with Crippen molar-refractivity contribution in [1.82, 2.24) is 0 Å². The van der Waals surface area contributed by atoms with Gasteiger partial charge in [0.15, 0.2) is 0 Å². The second-order valence-electron chi connectivity index (χ2n) is 13.3. The summed E-state index contributed by atoms with van der Waals surface area (Å²) in [6, 6.07) is 0.